The van der Waals surface area contributed by atoms with Crippen LogP contribution < -0.4 is 0 Å². The van der Waals surface area contributed by atoms with E-state index in [1.165, 1.54) is 0 Å². The third-order valence-corrected chi connectivity index (χ3v) is 2.62. The van der Waals surface area contributed by atoms with Gasteiger partial charge in [-0.3, -0.25) is 4.79 Å². The van der Waals surface area contributed by atoms with Crippen molar-refractivity contribution in [3.05, 3.63) is 35.9 Å². The summed E-state index contributed by atoms with van der Waals surface area (Å²) >= 11 is 3.25. The van der Waals surface area contributed by atoms with Crippen LogP contribution in [-0.4, -0.2) is 11.9 Å². The molecule has 0 N–H and O–H groups in total. The molecular formula is C8H8BrOP. The Balaban J connectivity index is 2.69. The molecule has 1 aromatic rings. The van der Waals surface area contributed by atoms with E-state index in [-0.39, 0.29) is 5.78 Å². The minimum atomic E-state index is 0.209. The molecule has 1 rings (SSSR count). The van der Waals surface area contributed by atoms with Crippen molar-refractivity contribution in [3.63, 3.8) is 0 Å². The van der Waals surface area contributed by atoms with E-state index >= 15 is 0 Å². The molecule has 0 amide bonds. The summed E-state index contributed by atoms with van der Waals surface area (Å²) in [5.41, 5.74) is 0.805. The van der Waals surface area contributed by atoms with Crippen molar-refractivity contribution in [2.45, 2.75) is 0 Å². The zero-order valence-corrected chi connectivity index (χ0v) is 8.47. The SMILES string of the molecule is O=C(CPBr)c1ccccc1. The van der Waals surface area contributed by atoms with Crippen LogP contribution in [0.4, 0.5) is 0 Å². The van der Waals surface area contributed by atoms with E-state index in [1.807, 2.05) is 30.3 Å². The molecule has 0 saturated heterocycles. The summed E-state index contributed by atoms with van der Waals surface area (Å²) in [6.45, 7) is 0. The zero-order chi connectivity index (χ0) is 8.10. The van der Waals surface area contributed by atoms with Crippen molar-refractivity contribution in [2.24, 2.45) is 0 Å². The van der Waals surface area contributed by atoms with Crippen LogP contribution >= 0.6 is 22.8 Å². The lowest BCUT2D eigenvalue weighted by atomic mass is 10.2. The molecule has 11 heavy (non-hydrogen) atoms. The fourth-order valence-electron chi connectivity index (χ4n) is 0.787. The molecule has 58 valence electrons. The molecule has 1 atom stereocenters. The van der Waals surface area contributed by atoms with Crippen LogP contribution in [0.1, 0.15) is 10.4 Å². The van der Waals surface area contributed by atoms with Crippen molar-refractivity contribution < 1.29 is 4.79 Å². The molecule has 0 heterocycles. The third kappa shape index (κ3) is 2.72. The number of carbonyl (C=O) groups excluding carboxylic acids is 1. The number of hydrogen-bond donors (Lipinski definition) is 0. The van der Waals surface area contributed by atoms with E-state index < -0.39 is 0 Å². The van der Waals surface area contributed by atoms with Crippen molar-refractivity contribution in [1.82, 2.24) is 0 Å². The molecule has 0 saturated carbocycles. The van der Waals surface area contributed by atoms with Gasteiger partial charge in [0.1, 0.15) is 0 Å². The van der Waals surface area contributed by atoms with Crippen LogP contribution in [0.15, 0.2) is 30.3 Å². The van der Waals surface area contributed by atoms with Gasteiger partial charge >= 0.3 is 0 Å². The maximum atomic E-state index is 11.2. The Morgan fingerprint density at radius 1 is 1.36 bits per heavy atom. The van der Waals surface area contributed by atoms with Gasteiger partial charge in [0, 0.05) is 11.7 Å². The average Bonchev–Trinajstić information content (AvgIpc) is 2.07. The first kappa shape index (κ1) is 8.89. The monoisotopic (exact) mass is 230 g/mol. The van der Waals surface area contributed by atoms with Crippen LogP contribution in [0.2, 0.25) is 0 Å². The smallest absolute Gasteiger partial charge is 0.167 e. The summed E-state index contributed by atoms with van der Waals surface area (Å²) in [6.07, 6.45) is 0.601. The number of carbonyl (C=O) groups is 1. The number of halogens is 1. The Hall–Kier alpha value is -0.200. The number of rotatable bonds is 3. The van der Waals surface area contributed by atoms with Gasteiger partial charge in [-0.25, -0.2) is 0 Å². The van der Waals surface area contributed by atoms with E-state index in [1.54, 1.807) is 0 Å². The molecule has 0 aliphatic rings. The first-order chi connectivity index (χ1) is 5.34. The molecule has 0 aliphatic heterocycles. The summed E-state index contributed by atoms with van der Waals surface area (Å²) in [5, 5.41) is 0. The quantitative estimate of drug-likeness (QED) is 0.577. The van der Waals surface area contributed by atoms with Crippen LogP contribution in [0.3, 0.4) is 0 Å². The lowest BCUT2D eigenvalue weighted by Gasteiger charge is -1.95. The van der Waals surface area contributed by atoms with Gasteiger partial charge in [0.15, 0.2) is 5.78 Å². The van der Waals surface area contributed by atoms with E-state index in [4.69, 9.17) is 0 Å². The van der Waals surface area contributed by atoms with E-state index in [9.17, 15) is 4.79 Å². The number of Topliss-reactive ketones (excluding diaryl/α,β-unsaturated/α-hetero) is 1. The van der Waals surface area contributed by atoms with Gasteiger partial charge in [0.05, 0.1) is 0 Å². The number of ketones is 1. The molecule has 1 aromatic carbocycles. The minimum absolute atomic E-state index is 0.209. The summed E-state index contributed by atoms with van der Waals surface area (Å²) in [6, 6.07) is 9.35. The predicted molar refractivity (Wildman–Crippen MR) is 52.9 cm³/mol. The van der Waals surface area contributed by atoms with Gasteiger partial charge in [0.2, 0.25) is 0 Å². The first-order valence-corrected chi connectivity index (χ1v) is 6.72. The third-order valence-electron chi connectivity index (χ3n) is 1.32. The molecule has 0 aliphatic carbocycles. The lowest BCUT2D eigenvalue weighted by Crippen LogP contribution is -1.99. The molecule has 0 aromatic heterocycles. The highest BCUT2D eigenvalue weighted by atomic mass is 79.9. The Morgan fingerprint density at radius 3 is 2.55 bits per heavy atom. The van der Waals surface area contributed by atoms with E-state index in [0.29, 0.717) is 13.4 Å². The van der Waals surface area contributed by atoms with Crippen LogP contribution in [0, 0.1) is 0 Å². The second-order valence-corrected chi connectivity index (χ2v) is 4.40. The Bertz CT molecular complexity index is 235. The van der Waals surface area contributed by atoms with Crippen molar-refractivity contribution in [2.75, 3.05) is 6.16 Å². The first-order valence-electron chi connectivity index (χ1n) is 3.26. The summed E-state index contributed by atoms with van der Waals surface area (Å²) in [4.78, 5) is 11.2. The second-order valence-electron chi connectivity index (χ2n) is 2.10. The molecule has 0 fully saturated rings. The highest BCUT2D eigenvalue weighted by Gasteiger charge is 2.01. The number of benzene rings is 1. The Labute approximate surface area is 75.7 Å². The molecule has 0 spiro atoms. The normalized spacial score (nSPS) is 10.6. The van der Waals surface area contributed by atoms with Crippen LogP contribution in [0.5, 0.6) is 0 Å². The minimum Gasteiger partial charge on any atom is -0.294 e. The second kappa shape index (κ2) is 4.63. The lowest BCUT2D eigenvalue weighted by molar-refractivity contribution is 0.102. The average molecular weight is 231 g/mol. The van der Waals surface area contributed by atoms with Crippen molar-refractivity contribution in [1.29, 1.82) is 0 Å². The van der Waals surface area contributed by atoms with Crippen molar-refractivity contribution >= 4 is 28.6 Å². The van der Waals surface area contributed by atoms with Gasteiger partial charge in [-0.2, -0.15) is 0 Å². The molecule has 1 nitrogen and oxygen atoms in total. The maximum absolute atomic E-state index is 11.2. The Kier molecular flexibility index (Phi) is 3.74. The highest BCUT2D eigenvalue weighted by molar-refractivity contribution is 9.36. The Morgan fingerprint density at radius 2 is 2.00 bits per heavy atom. The van der Waals surface area contributed by atoms with Crippen molar-refractivity contribution in [3.8, 4) is 0 Å². The van der Waals surface area contributed by atoms with Gasteiger partial charge in [-0.15, -0.1) is 0 Å². The summed E-state index contributed by atoms with van der Waals surface area (Å²) < 4.78 is 0. The van der Waals surface area contributed by atoms with Crippen LogP contribution in [0.25, 0.3) is 0 Å². The molecule has 0 bridgehead atoms. The maximum Gasteiger partial charge on any atom is 0.167 e. The van der Waals surface area contributed by atoms with Gasteiger partial charge in [-0.05, 0) is 7.28 Å². The zero-order valence-electron chi connectivity index (χ0n) is 5.88. The van der Waals surface area contributed by atoms with Gasteiger partial charge in [0.25, 0.3) is 0 Å². The summed E-state index contributed by atoms with van der Waals surface area (Å²) in [5.74, 6) is 0.209. The van der Waals surface area contributed by atoms with Gasteiger partial charge in [-0.1, -0.05) is 45.8 Å². The largest absolute Gasteiger partial charge is 0.294 e. The summed E-state index contributed by atoms with van der Waals surface area (Å²) in [7, 11) is 0.527. The molecule has 3 heteroatoms. The fourth-order valence-corrected chi connectivity index (χ4v) is 1.88. The molecule has 0 radical (unpaired) electrons. The van der Waals surface area contributed by atoms with E-state index in [2.05, 4.69) is 15.5 Å². The predicted octanol–water partition coefficient (Wildman–Crippen LogP) is 2.86. The standard InChI is InChI=1S/C8H8BrOP/c9-11-6-8(10)7-4-2-1-3-5-7/h1-5,11H,6H2. The molecular weight excluding hydrogens is 223 g/mol. The molecule has 1 unspecified atom stereocenters. The fraction of sp³-hybridized carbons (Fsp3) is 0.125. The topological polar surface area (TPSA) is 17.1 Å². The van der Waals surface area contributed by atoms with Gasteiger partial charge < -0.3 is 0 Å². The highest BCUT2D eigenvalue weighted by Crippen LogP contribution is 2.20. The van der Waals surface area contributed by atoms with E-state index in [0.717, 1.165) is 5.56 Å². The van der Waals surface area contributed by atoms with Crippen LogP contribution in [-0.2, 0) is 0 Å². The number of hydrogen-bond acceptors (Lipinski definition) is 1.